The molecule has 126 valence electrons. The van der Waals surface area contributed by atoms with Crippen molar-refractivity contribution in [1.29, 1.82) is 0 Å². The fourth-order valence-electron chi connectivity index (χ4n) is 3.27. The average molecular weight is 323 g/mol. The first-order valence-electron chi connectivity index (χ1n) is 8.47. The molecule has 0 aromatic heterocycles. The standard InChI is InChI=1S/C20H25N3O/c1-15(23-13-12-16-8-6-7-11-18(16)23)14-22-19(24)20(2,21)17-9-4-3-5-10-17/h3-11,15H,12-14,21H2,1-2H3,(H,22,24). The molecule has 4 nitrogen and oxygen atoms in total. The number of amides is 1. The van der Waals surface area contributed by atoms with Crippen molar-refractivity contribution >= 4 is 11.6 Å². The van der Waals surface area contributed by atoms with E-state index < -0.39 is 5.54 Å². The highest BCUT2D eigenvalue weighted by Crippen LogP contribution is 2.29. The predicted molar refractivity (Wildman–Crippen MR) is 97.9 cm³/mol. The summed E-state index contributed by atoms with van der Waals surface area (Å²) in [6.45, 7) is 5.47. The highest BCUT2D eigenvalue weighted by Gasteiger charge is 2.31. The largest absolute Gasteiger partial charge is 0.366 e. The smallest absolute Gasteiger partial charge is 0.244 e. The van der Waals surface area contributed by atoms with Crippen molar-refractivity contribution in [2.45, 2.75) is 31.8 Å². The molecule has 2 unspecified atom stereocenters. The Hall–Kier alpha value is -2.33. The molecule has 0 spiro atoms. The molecule has 24 heavy (non-hydrogen) atoms. The van der Waals surface area contributed by atoms with Crippen LogP contribution in [0, 0.1) is 0 Å². The van der Waals surface area contributed by atoms with Gasteiger partial charge >= 0.3 is 0 Å². The Morgan fingerprint density at radius 3 is 2.62 bits per heavy atom. The predicted octanol–water partition coefficient (Wildman–Crippen LogP) is 2.43. The number of nitrogens with zero attached hydrogens (tertiary/aromatic N) is 1. The molecule has 3 rings (SSSR count). The van der Waals surface area contributed by atoms with Gasteiger partial charge in [-0.15, -0.1) is 0 Å². The van der Waals surface area contributed by atoms with Gasteiger partial charge in [-0.05, 0) is 37.5 Å². The Balaban J connectivity index is 1.63. The lowest BCUT2D eigenvalue weighted by molar-refractivity contribution is -0.126. The van der Waals surface area contributed by atoms with Crippen LogP contribution in [-0.4, -0.2) is 25.0 Å². The van der Waals surface area contributed by atoms with E-state index in [0.29, 0.717) is 6.54 Å². The molecule has 1 aliphatic heterocycles. The normalized spacial score (nSPS) is 17.0. The molecule has 1 aliphatic rings. The lowest BCUT2D eigenvalue weighted by Crippen LogP contribution is -2.52. The molecule has 0 saturated carbocycles. The Kier molecular flexibility index (Phi) is 4.58. The Morgan fingerprint density at radius 1 is 1.21 bits per heavy atom. The average Bonchev–Trinajstić information content (AvgIpc) is 3.04. The number of fused-ring (bicyclic) bond motifs is 1. The Morgan fingerprint density at radius 2 is 1.88 bits per heavy atom. The van der Waals surface area contributed by atoms with Crippen molar-refractivity contribution in [3.8, 4) is 0 Å². The van der Waals surface area contributed by atoms with Crippen LogP contribution in [0.3, 0.4) is 0 Å². The van der Waals surface area contributed by atoms with Crippen LogP contribution in [0.4, 0.5) is 5.69 Å². The first-order valence-corrected chi connectivity index (χ1v) is 8.47. The van der Waals surface area contributed by atoms with Crippen LogP contribution in [0.2, 0.25) is 0 Å². The summed E-state index contributed by atoms with van der Waals surface area (Å²) >= 11 is 0. The summed E-state index contributed by atoms with van der Waals surface area (Å²) in [6, 6.07) is 18.2. The minimum Gasteiger partial charge on any atom is -0.366 e. The maximum atomic E-state index is 12.6. The molecular formula is C20H25N3O. The van der Waals surface area contributed by atoms with Crippen LogP contribution < -0.4 is 16.0 Å². The lowest BCUT2D eigenvalue weighted by atomic mass is 9.92. The third kappa shape index (κ3) is 3.15. The van der Waals surface area contributed by atoms with E-state index in [-0.39, 0.29) is 11.9 Å². The number of nitrogens with two attached hydrogens (primary N) is 1. The number of para-hydroxylation sites is 1. The van der Waals surface area contributed by atoms with E-state index in [2.05, 4.69) is 41.4 Å². The van der Waals surface area contributed by atoms with E-state index in [1.165, 1.54) is 11.3 Å². The Labute approximate surface area is 143 Å². The van der Waals surface area contributed by atoms with Crippen LogP contribution >= 0.6 is 0 Å². The summed E-state index contributed by atoms with van der Waals surface area (Å²) in [4.78, 5) is 14.9. The van der Waals surface area contributed by atoms with Gasteiger partial charge in [0.15, 0.2) is 0 Å². The highest BCUT2D eigenvalue weighted by molar-refractivity contribution is 5.87. The van der Waals surface area contributed by atoms with Crippen LogP contribution in [0.5, 0.6) is 0 Å². The summed E-state index contributed by atoms with van der Waals surface area (Å²) in [6.07, 6.45) is 1.06. The molecule has 0 bridgehead atoms. The molecular weight excluding hydrogens is 298 g/mol. The molecule has 0 fully saturated rings. The van der Waals surface area contributed by atoms with E-state index in [1.807, 2.05) is 30.3 Å². The van der Waals surface area contributed by atoms with Gasteiger partial charge in [-0.3, -0.25) is 4.79 Å². The van der Waals surface area contributed by atoms with Crippen molar-refractivity contribution in [3.63, 3.8) is 0 Å². The third-order valence-corrected chi connectivity index (χ3v) is 4.86. The molecule has 1 heterocycles. The number of hydrogen-bond acceptors (Lipinski definition) is 3. The van der Waals surface area contributed by atoms with Crippen LogP contribution in [-0.2, 0) is 16.8 Å². The van der Waals surface area contributed by atoms with Gasteiger partial charge in [0.05, 0.1) is 0 Å². The fraction of sp³-hybridized carbons (Fsp3) is 0.350. The maximum Gasteiger partial charge on any atom is 0.244 e. The van der Waals surface area contributed by atoms with E-state index >= 15 is 0 Å². The highest BCUT2D eigenvalue weighted by atomic mass is 16.2. The molecule has 2 aromatic carbocycles. The van der Waals surface area contributed by atoms with Crippen molar-refractivity contribution in [1.82, 2.24) is 5.32 Å². The molecule has 2 atom stereocenters. The molecule has 0 aliphatic carbocycles. The number of carbonyl (C=O) groups is 1. The number of benzene rings is 2. The summed E-state index contributed by atoms with van der Waals surface area (Å²) in [5, 5.41) is 3.02. The number of rotatable bonds is 5. The molecule has 0 saturated heterocycles. The summed E-state index contributed by atoms with van der Waals surface area (Å²) in [7, 11) is 0. The van der Waals surface area contributed by atoms with Crippen LogP contribution in [0.1, 0.15) is 25.0 Å². The van der Waals surface area contributed by atoms with Crippen molar-refractivity contribution in [2.24, 2.45) is 5.73 Å². The first-order chi connectivity index (χ1) is 11.5. The lowest BCUT2D eigenvalue weighted by Gasteiger charge is -2.30. The molecule has 1 amide bonds. The van der Waals surface area contributed by atoms with Gasteiger partial charge in [-0.2, -0.15) is 0 Å². The van der Waals surface area contributed by atoms with E-state index in [0.717, 1.165) is 18.5 Å². The molecule has 3 N–H and O–H groups in total. The molecule has 4 heteroatoms. The maximum absolute atomic E-state index is 12.6. The van der Waals surface area contributed by atoms with Gasteiger partial charge < -0.3 is 16.0 Å². The Bertz CT molecular complexity index is 712. The van der Waals surface area contributed by atoms with Crippen LogP contribution in [0.15, 0.2) is 54.6 Å². The van der Waals surface area contributed by atoms with Gasteiger partial charge in [0.2, 0.25) is 5.91 Å². The third-order valence-electron chi connectivity index (χ3n) is 4.86. The zero-order valence-electron chi connectivity index (χ0n) is 14.3. The second-order valence-corrected chi connectivity index (χ2v) is 6.70. The van der Waals surface area contributed by atoms with Crippen molar-refractivity contribution < 1.29 is 4.79 Å². The second-order valence-electron chi connectivity index (χ2n) is 6.70. The number of anilines is 1. The zero-order chi connectivity index (χ0) is 17.2. The topological polar surface area (TPSA) is 58.4 Å². The van der Waals surface area contributed by atoms with E-state index in [9.17, 15) is 4.79 Å². The minimum atomic E-state index is -1.02. The number of nitrogens with one attached hydrogen (secondary N) is 1. The quantitative estimate of drug-likeness (QED) is 0.888. The second kappa shape index (κ2) is 6.65. The summed E-state index contributed by atoms with van der Waals surface area (Å²) in [5.74, 6) is -0.145. The summed E-state index contributed by atoms with van der Waals surface area (Å²) in [5.41, 5.74) is 8.72. The minimum absolute atomic E-state index is 0.145. The number of carbonyl (C=O) groups excluding carboxylic acids is 1. The molecule has 0 radical (unpaired) electrons. The van der Waals surface area contributed by atoms with E-state index in [1.54, 1.807) is 6.92 Å². The SMILES string of the molecule is CC(CNC(=O)C(C)(N)c1ccccc1)N1CCc2ccccc21. The zero-order valence-corrected chi connectivity index (χ0v) is 14.3. The van der Waals surface area contributed by atoms with Gasteiger partial charge in [0, 0.05) is 24.8 Å². The van der Waals surface area contributed by atoms with Crippen molar-refractivity contribution in [3.05, 3.63) is 65.7 Å². The van der Waals surface area contributed by atoms with Gasteiger partial charge in [-0.1, -0.05) is 48.5 Å². The van der Waals surface area contributed by atoms with Crippen LogP contribution in [0.25, 0.3) is 0 Å². The fourth-order valence-corrected chi connectivity index (χ4v) is 3.27. The monoisotopic (exact) mass is 323 g/mol. The van der Waals surface area contributed by atoms with Crippen molar-refractivity contribution in [2.75, 3.05) is 18.0 Å². The number of hydrogen-bond donors (Lipinski definition) is 2. The van der Waals surface area contributed by atoms with Gasteiger partial charge in [0.1, 0.15) is 5.54 Å². The molecule has 2 aromatic rings. The van der Waals surface area contributed by atoms with Gasteiger partial charge in [-0.25, -0.2) is 0 Å². The van der Waals surface area contributed by atoms with Gasteiger partial charge in [0.25, 0.3) is 0 Å². The summed E-state index contributed by atoms with van der Waals surface area (Å²) < 4.78 is 0. The van der Waals surface area contributed by atoms with E-state index in [4.69, 9.17) is 5.73 Å². The first kappa shape index (κ1) is 16.5.